The Bertz CT molecular complexity index is 1540. The summed E-state index contributed by atoms with van der Waals surface area (Å²) in [5.74, 6) is 0.798. The summed E-state index contributed by atoms with van der Waals surface area (Å²) in [7, 11) is 0. The van der Waals surface area contributed by atoms with E-state index in [2.05, 4.69) is 5.16 Å². The minimum Gasteiger partial charge on any atom is -0.489 e. The number of hydrogen-bond acceptors (Lipinski definition) is 5. The van der Waals surface area contributed by atoms with E-state index in [0.717, 1.165) is 29.7 Å². The summed E-state index contributed by atoms with van der Waals surface area (Å²) in [4.78, 5) is 11.1. The molecule has 0 atom stereocenters. The fraction of sp³-hybridized carbons (Fsp3) is 0.267. The van der Waals surface area contributed by atoms with Crippen molar-refractivity contribution in [1.82, 2.24) is 5.16 Å². The normalized spacial score (nSPS) is 20.5. The van der Waals surface area contributed by atoms with Gasteiger partial charge in [0.1, 0.15) is 23.8 Å². The number of nitrogens with zero attached hydrogens (tertiary/aromatic N) is 1. The predicted octanol–water partition coefficient (Wildman–Crippen LogP) is 8.22. The highest BCUT2D eigenvalue weighted by molar-refractivity contribution is 6.39. The highest BCUT2D eigenvalue weighted by Crippen LogP contribution is 2.53. The number of carboxylic acids is 1. The Morgan fingerprint density at radius 3 is 2.28 bits per heavy atom. The maximum Gasteiger partial charge on any atom is 0.335 e. The number of aromatic carboxylic acids is 1. The first-order chi connectivity index (χ1) is 18.7. The summed E-state index contributed by atoms with van der Waals surface area (Å²) in [6, 6.07) is 17.4. The van der Waals surface area contributed by atoms with Crippen LogP contribution in [-0.4, -0.2) is 21.3 Å². The molecule has 0 spiro atoms. The Hall–Kier alpha value is -3.03. The molecule has 0 bridgehead atoms. The van der Waals surface area contributed by atoms with Crippen molar-refractivity contribution >= 4 is 40.8 Å². The number of benzene rings is 3. The number of rotatable bonds is 8. The van der Waals surface area contributed by atoms with E-state index >= 15 is 0 Å². The van der Waals surface area contributed by atoms with Crippen LogP contribution < -0.4 is 4.74 Å². The first kappa shape index (κ1) is 26.2. The van der Waals surface area contributed by atoms with Crippen molar-refractivity contribution in [3.05, 3.63) is 104 Å². The highest BCUT2D eigenvalue weighted by atomic mass is 35.5. The van der Waals surface area contributed by atoms with Gasteiger partial charge in [-0.3, -0.25) is 0 Å². The second-order valence-electron chi connectivity index (χ2n) is 10.2. The molecular weight excluding hydrogens is 561 g/mol. The quantitative estimate of drug-likeness (QED) is 0.217. The van der Waals surface area contributed by atoms with Crippen LogP contribution in [0.2, 0.25) is 15.1 Å². The molecule has 6 nitrogen and oxygen atoms in total. The maximum atomic E-state index is 11.3. The fourth-order valence-electron chi connectivity index (χ4n) is 5.28. The number of hydrogen-bond donors (Lipinski definition) is 2. The Morgan fingerprint density at radius 2 is 1.67 bits per heavy atom. The topological polar surface area (TPSA) is 92.8 Å². The predicted molar refractivity (Wildman–Crippen MR) is 149 cm³/mol. The average Bonchev–Trinajstić information content (AvgIpc) is 3.66. The molecule has 0 aliphatic heterocycles. The van der Waals surface area contributed by atoms with Crippen LogP contribution in [0.25, 0.3) is 11.3 Å². The van der Waals surface area contributed by atoms with Gasteiger partial charge in [-0.15, -0.1) is 0 Å². The van der Waals surface area contributed by atoms with Crippen LogP contribution in [0.1, 0.15) is 70.3 Å². The van der Waals surface area contributed by atoms with Gasteiger partial charge in [0.05, 0.1) is 31.8 Å². The third kappa shape index (κ3) is 5.03. The van der Waals surface area contributed by atoms with E-state index in [9.17, 15) is 9.90 Å². The Kier molecular flexibility index (Phi) is 6.84. The summed E-state index contributed by atoms with van der Waals surface area (Å²) >= 11 is 19.5. The van der Waals surface area contributed by atoms with E-state index in [4.69, 9.17) is 49.2 Å². The smallest absolute Gasteiger partial charge is 0.335 e. The van der Waals surface area contributed by atoms with E-state index in [0.29, 0.717) is 56.4 Å². The highest BCUT2D eigenvalue weighted by Gasteiger charge is 2.45. The van der Waals surface area contributed by atoms with Gasteiger partial charge >= 0.3 is 5.97 Å². The van der Waals surface area contributed by atoms with Crippen molar-refractivity contribution in [3.63, 3.8) is 0 Å². The lowest BCUT2D eigenvalue weighted by molar-refractivity contribution is -0.0549. The Labute approximate surface area is 240 Å². The third-order valence-corrected chi connectivity index (χ3v) is 8.53. The third-order valence-electron chi connectivity index (χ3n) is 7.59. The number of aromatic nitrogens is 1. The number of ether oxygens (including phenoxy) is 1. The van der Waals surface area contributed by atoms with Gasteiger partial charge in [0.25, 0.3) is 0 Å². The fourth-order valence-corrected chi connectivity index (χ4v) is 6.20. The van der Waals surface area contributed by atoms with Gasteiger partial charge in [0.15, 0.2) is 0 Å². The van der Waals surface area contributed by atoms with Crippen molar-refractivity contribution in [3.8, 4) is 17.0 Å². The summed E-state index contributed by atoms with van der Waals surface area (Å²) in [5.41, 5.74) is 2.81. The molecule has 3 aromatic carbocycles. The SMILES string of the molecule is O=C(O)c1ccc(C2CC(O)(c3ccc(OCc4c(-c5c(Cl)cccc5Cl)noc4C4CC4)cc3Cl)C2)cc1. The minimum atomic E-state index is -1.06. The largest absolute Gasteiger partial charge is 0.489 e. The zero-order valence-electron chi connectivity index (χ0n) is 20.7. The first-order valence-electron chi connectivity index (χ1n) is 12.6. The lowest BCUT2D eigenvalue weighted by Crippen LogP contribution is -2.40. The van der Waals surface area contributed by atoms with Crippen LogP contribution in [0.3, 0.4) is 0 Å². The van der Waals surface area contributed by atoms with Gasteiger partial charge in [-0.05, 0) is 73.6 Å². The van der Waals surface area contributed by atoms with Crippen LogP contribution in [0.5, 0.6) is 5.75 Å². The van der Waals surface area contributed by atoms with Crippen molar-refractivity contribution < 1.29 is 24.3 Å². The molecule has 39 heavy (non-hydrogen) atoms. The van der Waals surface area contributed by atoms with E-state index in [1.165, 1.54) is 0 Å². The van der Waals surface area contributed by atoms with Gasteiger partial charge in [0, 0.05) is 17.0 Å². The van der Waals surface area contributed by atoms with Crippen molar-refractivity contribution in [1.29, 1.82) is 0 Å². The van der Waals surface area contributed by atoms with Gasteiger partial charge < -0.3 is 19.5 Å². The molecule has 2 aliphatic rings. The molecule has 1 heterocycles. The van der Waals surface area contributed by atoms with E-state index in [1.807, 2.05) is 0 Å². The molecule has 9 heteroatoms. The van der Waals surface area contributed by atoms with Gasteiger partial charge in [-0.2, -0.15) is 0 Å². The van der Waals surface area contributed by atoms with E-state index < -0.39 is 11.6 Å². The molecule has 0 unspecified atom stereocenters. The molecule has 0 radical (unpaired) electrons. The van der Waals surface area contributed by atoms with Crippen molar-refractivity contribution in [2.24, 2.45) is 0 Å². The average molecular weight is 585 g/mol. The number of aliphatic hydroxyl groups is 1. The maximum absolute atomic E-state index is 11.3. The van der Waals surface area contributed by atoms with E-state index in [-0.39, 0.29) is 18.1 Å². The van der Waals surface area contributed by atoms with E-state index in [1.54, 1.807) is 60.7 Å². The van der Waals surface area contributed by atoms with Gasteiger partial charge in [-0.25, -0.2) is 4.79 Å². The van der Waals surface area contributed by atoms with Crippen LogP contribution in [-0.2, 0) is 12.2 Å². The lowest BCUT2D eigenvalue weighted by atomic mass is 9.65. The number of carboxylic acid groups (broad SMARTS) is 1. The summed E-state index contributed by atoms with van der Waals surface area (Å²) < 4.78 is 11.8. The molecule has 4 aromatic rings. The molecule has 0 amide bonds. The number of carbonyl (C=O) groups is 1. The molecule has 2 saturated carbocycles. The lowest BCUT2D eigenvalue weighted by Gasteiger charge is -2.44. The van der Waals surface area contributed by atoms with Crippen molar-refractivity contribution in [2.75, 3.05) is 0 Å². The monoisotopic (exact) mass is 583 g/mol. The summed E-state index contributed by atoms with van der Waals surface area (Å²) in [6.07, 6.45) is 3.04. The van der Waals surface area contributed by atoms with Crippen molar-refractivity contribution in [2.45, 2.75) is 49.7 Å². The van der Waals surface area contributed by atoms with Crippen LogP contribution in [0, 0.1) is 0 Å². The summed E-state index contributed by atoms with van der Waals surface area (Å²) in [5, 5.41) is 26.0. The summed E-state index contributed by atoms with van der Waals surface area (Å²) in [6.45, 7) is 0.195. The van der Waals surface area contributed by atoms with Gasteiger partial charge in [-0.1, -0.05) is 64.2 Å². The second-order valence-corrected chi connectivity index (χ2v) is 11.5. The molecule has 2 N–H and O–H groups in total. The molecular formula is C30H24Cl3NO5. The molecule has 200 valence electrons. The van der Waals surface area contributed by atoms with Crippen LogP contribution in [0.15, 0.2) is 65.2 Å². The molecule has 1 aromatic heterocycles. The second kappa shape index (κ2) is 10.2. The standard InChI is InChI=1S/C30H24Cl3NO5/c31-23-2-1-3-24(32)26(23)27-21(28(39-34-27)17-6-7-17)15-38-20-10-11-22(25(33)12-20)30(37)13-19(14-30)16-4-8-18(9-5-16)29(35)36/h1-5,8-12,17,19,37H,6-7,13-15H2,(H,35,36). The zero-order valence-corrected chi connectivity index (χ0v) is 22.9. The molecule has 2 aliphatic carbocycles. The zero-order chi connectivity index (χ0) is 27.3. The van der Waals surface area contributed by atoms with Crippen LogP contribution >= 0.6 is 34.8 Å². The first-order valence-corrected chi connectivity index (χ1v) is 13.8. The molecule has 2 fully saturated rings. The van der Waals surface area contributed by atoms with Gasteiger partial charge in [0.2, 0.25) is 0 Å². The Balaban J connectivity index is 1.18. The molecule has 0 saturated heterocycles. The minimum absolute atomic E-state index is 0.120. The number of halogens is 3. The van der Waals surface area contributed by atoms with Crippen LogP contribution in [0.4, 0.5) is 0 Å². The Morgan fingerprint density at radius 1 is 0.974 bits per heavy atom. The molecule has 6 rings (SSSR count).